The van der Waals surface area contributed by atoms with E-state index in [-0.39, 0.29) is 40.5 Å². The van der Waals surface area contributed by atoms with E-state index in [0.29, 0.717) is 46.1 Å². The van der Waals surface area contributed by atoms with Gasteiger partial charge in [0, 0.05) is 35.6 Å². The second kappa shape index (κ2) is 11.1. The van der Waals surface area contributed by atoms with Gasteiger partial charge in [-0.25, -0.2) is 13.9 Å². The highest BCUT2D eigenvalue weighted by molar-refractivity contribution is 6.31. The number of anilines is 1. The van der Waals surface area contributed by atoms with Crippen LogP contribution in [0.5, 0.6) is 5.88 Å². The van der Waals surface area contributed by atoms with Crippen LogP contribution < -0.4 is 10.1 Å². The second-order valence-corrected chi connectivity index (χ2v) is 13.8. The average molecular weight is 640 g/mol. The SMILES string of the molecule is CC(C)(C)CN1[C@H]2COc3c4ccc(C(=O)O)cc4nn3C[C@H]2[C@H](c2cccc(Cl)c2F)[C@]1(C)C(=O)Nc1cccc(Cl)c1. The molecule has 0 aliphatic carbocycles. The Bertz CT molecular complexity index is 1790. The van der Waals surface area contributed by atoms with Crippen molar-refractivity contribution in [3.8, 4) is 5.88 Å². The maximum Gasteiger partial charge on any atom is 0.335 e. The summed E-state index contributed by atoms with van der Waals surface area (Å²) in [6.07, 6.45) is 0. The molecular formula is C33H33Cl2FN4O4. The van der Waals surface area contributed by atoms with Gasteiger partial charge in [-0.3, -0.25) is 9.69 Å². The van der Waals surface area contributed by atoms with Crippen molar-refractivity contribution < 1.29 is 23.8 Å². The molecule has 1 saturated heterocycles. The fourth-order valence-corrected chi connectivity index (χ4v) is 7.27. The molecule has 1 amide bonds. The van der Waals surface area contributed by atoms with E-state index in [2.05, 4.69) is 31.0 Å². The first-order valence-electron chi connectivity index (χ1n) is 14.4. The standard InChI is InChI=1S/C33H33Cl2FN4O4/c1-32(2,3)17-39-26-16-44-29-21-12-11-18(30(41)42)13-25(21)38-40(29)15-23(26)27(22-9-6-10-24(35)28(22)36)33(39,4)31(43)37-20-8-5-7-19(34)14-20/h5-14,23,26-27H,15-17H2,1-4H3,(H,37,43)(H,41,42)/t23-,26+,27+,33-/m1/s1. The van der Waals surface area contributed by atoms with E-state index >= 15 is 4.39 Å². The minimum absolute atomic E-state index is 0.0255. The monoisotopic (exact) mass is 638 g/mol. The number of carbonyl (C=O) groups excluding carboxylic acids is 1. The summed E-state index contributed by atoms with van der Waals surface area (Å²) in [7, 11) is 0. The van der Waals surface area contributed by atoms with Crippen LogP contribution in [0.15, 0.2) is 60.7 Å². The molecule has 6 rings (SSSR count). The van der Waals surface area contributed by atoms with Crippen LogP contribution >= 0.6 is 23.2 Å². The number of hydrogen-bond acceptors (Lipinski definition) is 5. The molecule has 3 heterocycles. The molecule has 4 aromatic rings. The van der Waals surface area contributed by atoms with Gasteiger partial charge in [-0.15, -0.1) is 0 Å². The Morgan fingerprint density at radius 3 is 2.59 bits per heavy atom. The molecule has 2 aliphatic heterocycles. The summed E-state index contributed by atoms with van der Waals surface area (Å²) in [5, 5.41) is 18.4. The Kier molecular flexibility index (Phi) is 7.63. The number of halogens is 3. The number of carbonyl (C=O) groups is 2. The normalized spacial score (nSPS) is 23.5. The highest BCUT2D eigenvalue weighted by Gasteiger charge is 2.62. The van der Waals surface area contributed by atoms with E-state index < -0.39 is 23.2 Å². The molecule has 11 heteroatoms. The molecule has 0 unspecified atom stereocenters. The molecular weight excluding hydrogens is 606 g/mol. The maximum atomic E-state index is 16.0. The lowest BCUT2D eigenvalue weighted by molar-refractivity contribution is -0.128. The molecule has 0 spiro atoms. The van der Waals surface area contributed by atoms with Crippen LogP contribution in [0, 0.1) is 17.2 Å². The molecule has 44 heavy (non-hydrogen) atoms. The largest absolute Gasteiger partial charge is 0.478 e. The van der Waals surface area contributed by atoms with Crippen molar-refractivity contribution in [3.05, 3.63) is 87.7 Å². The number of hydrogen-bond donors (Lipinski definition) is 2. The number of ether oxygens (including phenoxy) is 1. The first-order chi connectivity index (χ1) is 20.8. The van der Waals surface area contributed by atoms with Gasteiger partial charge in [0.05, 0.1) is 27.5 Å². The molecule has 230 valence electrons. The predicted molar refractivity (Wildman–Crippen MR) is 168 cm³/mol. The van der Waals surface area contributed by atoms with Gasteiger partial charge in [-0.05, 0) is 60.4 Å². The zero-order valence-corrected chi connectivity index (χ0v) is 26.3. The lowest BCUT2D eigenvalue weighted by Crippen LogP contribution is -2.58. The second-order valence-electron chi connectivity index (χ2n) is 13.0. The fraction of sp³-hybridized carbons (Fsp3) is 0.364. The fourth-order valence-electron chi connectivity index (χ4n) is 6.90. The molecule has 4 atom stereocenters. The summed E-state index contributed by atoms with van der Waals surface area (Å²) in [5.74, 6) is -2.42. The minimum Gasteiger partial charge on any atom is -0.478 e. The molecule has 0 bridgehead atoms. The summed E-state index contributed by atoms with van der Waals surface area (Å²) in [6.45, 7) is 9.18. The van der Waals surface area contributed by atoms with Crippen molar-refractivity contribution in [2.24, 2.45) is 11.3 Å². The Morgan fingerprint density at radius 1 is 1.14 bits per heavy atom. The summed E-state index contributed by atoms with van der Waals surface area (Å²) in [5.41, 5.74) is -0.0202. The number of nitrogens with zero attached hydrogens (tertiary/aromatic N) is 3. The summed E-state index contributed by atoms with van der Waals surface area (Å²) in [4.78, 5) is 28.3. The molecule has 1 aromatic heterocycles. The van der Waals surface area contributed by atoms with E-state index in [1.807, 2.05) is 6.92 Å². The van der Waals surface area contributed by atoms with Gasteiger partial charge >= 0.3 is 5.97 Å². The number of nitrogens with one attached hydrogen (secondary N) is 1. The minimum atomic E-state index is -1.25. The zero-order chi connectivity index (χ0) is 31.6. The van der Waals surface area contributed by atoms with Crippen molar-refractivity contribution in [1.82, 2.24) is 14.7 Å². The number of benzene rings is 3. The quantitative estimate of drug-likeness (QED) is 0.242. The van der Waals surface area contributed by atoms with E-state index in [4.69, 9.17) is 33.0 Å². The van der Waals surface area contributed by atoms with Crippen molar-refractivity contribution in [3.63, 3.8) is 0 Å². The third kappa shape index (κ3) is 5.21. The zero-order valence-electron chi connectivity index (χ0n) is 24.8. The first-order valence-corrected chi connectivity index (χ1v) is 15.2. The Labute approximate surface area is 264 Å². The van der Waals surface area contributed by atoms with Gasteiger partial charge in [0.2, 0.25) is 11.8 Å². The van der Waals surface area contributed by atoms with Gasteiger partial charge in [0.15, 0.2) is 0 Å². The van der Waals surface area contributed by atoms with Gasteiger partial charge in [-0.2, -0.15) is 5.10 Å². The van der Waals surface area contributed by atoms with E-state index in [9.17, 15) is 14.7 Å². The number of aromatic carboxylic acids is 1. The molecule has 0 radical (unpaired) electrons. The predicted octanol–water partition coefficient (Wildman–Crippen LogP) is 7.10. The molecule has 2 aliphatic rings. The van der Waals surface area contributed by atoms with Crippen LogP contribution in [0.25, 0.3) is 10.9 Å². The van der Waals surface area contributed by atoms with E-state index in [0.717, 1.165) is 0 Å². The molecule has 1 fully saturated rings. The number of fused-ring (bicyclic) bond motifs is 4. The Hall–Kier alpha value is -3.66. The number of carboxylic acid groups (broad SMARTS) is 1. The molecule has 3 aromatic carbocycles. The number of amides is 1. The summed E-state index contributed by atoms with van der Waals surface area (Å²) < 4.78 is 24.2. The lowest BCUT2D eigenvalue weighted by atomic mass is 9.74. The van der Waals surface area contributed by atoms with Crippen LogP contribution in [-0.4, -0.2) is 56.4 Å². The van der Waals surface area contributed by atoms with Gasteiger partial charge in [0.1, 0.15) is 18.0 Å². The number of rotatable bonds is 5. The average Bonchev–Trinajstić information content (AvgIpc) is 3.32. The van der Waals surface area contributed by atoms with Crippen molar-refractivity contribution in [1.29, 1.82) is 0 Å². The van der Waals surface area contributed by atoms with E-state index in [1.54, 1.807) is 47.1 Å². The highest BCUT2D eigenvalue weighted by atomic mass is 35.5. The van der Waals surface area contributed by atoms with Crippen LogP contribution in [0.1, 0.15) is 49.5 Å². The first kappa shape index (κ1) is 30.4. The van der Waals surface area contributed by atoms with Crippen LogP contribution in [-0.2, 0) is 11.3 Å². The third-order valence-electron chi connectivity index (χ3n) is 8.74. The van der Waals surface area contributed by atoms with Crippen molar-refractivity contribution >= 4 is 51.7 Å². The summed E-state index contributed by atoms with van der Waals surface area (Å²) >= 11 is 12.6. The Balaban J connectivity index is 1.52. The van der Waals surface area contributed by atoms with Crippen molar-refractivity contribution in [2.45, 2.75) is 51.7 Å². The molecule has 0 saturated carbocycles. The van der Waals surface area contributed by atoms with Gasteiger partial charge in [-0.1, -0.05) is 62.2 Å². The lowest BCUT2D eigenvalue weighted by Gasteiger charge is -2.43. The summed E-state index contributed by atoms with van der Waals surface area (Å²) in [6, 6.07) is 16.2. The number of carboxylic acids is 1. The van der Waals surface area contributed by atoms with Crippen LogP contribution in [0.4, 0.5) is 10.1 Å². The molecule has 2 N–H and O–H groups in total. The number of likely N-dealkylation sites (tertiary alicyclic amines) is 1. The van der Waals surface area contributed by atoms with Crippen molar-refractivity contribution in [2.75, 3.05) is 18.5 Å². The topological polar surface area (TPSA) is 96.7 Å². The maximum absolute atomic E-state index is 16.0. The smallest absolute Gasteiger partial charge is 0.335 e. The van der Waals surface area contributed by atoms with Gasteiger partial charge in [0.25, 0.3) is 0 Å². The third-order valence-corrected chi connectivity index (χ3v) is 9.27. The van der Waals surface area contributed by atoms with E-state index in [1.165, 1.54) is 18.2 Å². The number of aromatic nitrogens is 2. The van der Waals surface area contributed by atoms with Gasteiger partial charge < -0.3 is 15.2 Å². The molecule has 8 nitrogen and oxygen atoms in total. The van der Waals surface area contributed by atoms with Crippen LogP contribution in [0.3, 0.4) is 0 Å². The Morgan fingerprint density at radius 2 is 1.89 bits per heavy atom. The van der Waals surface area contributed by atoms with Crippen LogP contribution in [0.2, 0.25) is 10.0 Å². The highest BCUT2D eigenvalue weighted by Crippen LogP contribution is 2.53.